The largest absolute Gasteiger partial charge is 0.495 e. The maximum absolute atomic E-state index is 12.2. The van der Waals surface area contributed by atoms with E-state index >= 15 is 0 Å². The zero-order valence-electron chi connectivity index (χ0n) is 14.5. The number of rotatable bonds is 6. The average molecular weight is 371 g/mol. The summed E-state index contributed by atoms with van der Waals surface area (Å²) >= 11 is 6.06. The summed E-state index contributed by atoms with van der Waals surface area (Å²) in [5, 5.41) is 10.2. The van der Waals surface area contributed by atoms with Gasteiger partial charge in [0.05, 0.1) is 18.6 Å². The van der Waals surface area contributed by atoms with Crippen molar-refractivity contribution in [3.63, 3.8) is 0 Å². The lowest BCUT2D eigenvalue weighted by molar-refractivity contribution is -0.115. The van der Waals surface area contributed by atoms with Gasteiger partial charge < -0.3 is 10.1 Å². The Balaban J connectivity index is 1.60. The van der Waals surface area contributed by atoms with Gasteiger partial charge in [-0.15, -0.1) is 0 Å². The molecule has 0 aliphatic carbocycles. The molecular weight excluding hydrogens is 352 g/mol. The van der Waals surface area contributed by atoms with Gasteiger partial charge in [-0.1, -0.05) is 41.4 Å². The number of H-pyrrole nitrogens is 1. The second-order valence-electron chi connectivity index (χ2n) is 5.94. The van der Waals surface area contributed by atoms with E-state index in [0.29, 0.717) is 28.7 Å². The second-order valence-corrected chi connectivity index (χ2v) is 6.35. The number of amides is 1. The summed E-state index contributed by atoms with van der Waals surface area (Å²) in [6, 6.07) is 13.3. The number of anilines is 1. The minimum absolute atomic E-state index is 0.0773. The van der Waals surface area contributed by atoms with Crippen LogP contribution in [0, 0.1) is 6.92 Å². The Bertz CT molecular complexity index is 923. The highest BCUT2D eigenvalue weighted by atomic mass is 35.5. The van der Waals surface area contributed by atoms with Gasteiger partial charge >= 0.3 is 0 Å². The molecule has 0 unspecified atom stereocenters. The van der Waals surface area contributed by atoms with E-state index in [2.05, 4.69) is 26.6 Å². The molecule has 3 aromatic rings. The van der Waals surface area contributed by atoms with Crippen LogP contribution >= 0.6 is 11.6 Å². The van der Waals surface area contributed by atoms with E-state index in [1.807, 2.05) is 25.1 Å². The third-order valence-corrected chi connectivity index (χ3v) is 4.08. The fraction of sp³-hybridized carbons (Fsp3) is 0.211. The Morgan fingerprint density at radius 2 is 2.12 bits per heavy atom. The summed E-state index contributed by atoms with van der Waals surface area (Å²) in [5.74, 6) is 1.52. The number of methoxy groups -OCH3 is 1. The molecule has 0 aliphatic rings. The lowest BCUT2D eigenvalue weighted by Gasteiger charge is -2.07. The van der Waals surface area contributed by atoms with Crippen LogP contribution in [0.15, 0.2) is 42.5 Å². The number of nitrogens with zero attached hydrogens (tertiary/aromatic N) is 2. The maximum Gasteiger partial charge on any atom is 0.232 e. The first kappa shape index (κ1) is 17.9. The standard InChI is InChI=1S/C19H19ClN4O2/c1-12-4-3-5-13(8-12)9-17-22-18(24-23-17)11-19(25)21-14-6-7-16(26-2)15(20)10-14/h3-8,10H,9,11H2,1-2H3,(H,21,25)(H,22,23,24). The lowest BCUT2D eigenvalue weighted by Crippen LogP contribution is -2.15. The predicted molar refractivity (Wildman–Crippen MR) is 101 cm³/mol. The number of aryl methyl sites for hydroxylation is 1. The van der Waals surface area contributed by atoms with Gasteiger partial charge in [-0.2, -0.15) is 5.10 Å². The molecule has 134 valence electrons. The molecule has 26 heavy (non-hydrogen) atoms. The van der Waals surface area contributed by atoms with Crippen molar-refractivity contribution in [2.24, 2.45) is 0 Å². The number of halogens is 1. The van der Waals surface area contributed by atoms with Crippen molar-refractivity contribution in [3.05, 3.63) is 70.3 Å². The molecule has 2 aromatic carbocycles. The van der Waals surface area contributed by atoms with Crippen molar-refractivity contribution in [1.82, 2.24) is 15.2 Å². The molecule has 0 aliphatic heterocycles. The maximum atomic E-state index is 12.2. The molecule has 3 rings (SSSR count). The van der Waals surface area contributed by atoms with Gasteiger partial charge in [0.2, 0.25) is 5.91 Å². The average Bonchev–Trinajstić information content (AvgIpc) is 3.01. The highest BCUT2D eigenvalue weighted by molar-refractivity contribution is 6.32. The van der Waals surface area contributed by atoms with Gasteiger partial charge in [-0.25, -0.2) is 4.98 Å². The van der Waals surface area contributed by atoms with E-state index in [0.717, 1.165) is 11.4 Å². The fourth-order valence-corrected chi connectivity index (χ4v) is 2.86. The van der Waals surface area contributed by atoms with Crippen molar-refractivity contribution in [3.8, 4) is 5.75 Å². The topological polar surface area (TPSA) is 79.9 Å². The van der Waals surface area contributed by atoms with Gasteiger partial charge in [0.1, 0.15) is 11.6 Å². The minimum atomic E-state index is -0.215. The Labute approximate surface area is 156 Å². The zero-order valence-corrected chi connectivity index (χ0v) is 15.3. The minimum Gasteiger partial charge on any atom is -0.495 e. The summed E-state index contributed by atoms with van der Waals surface area (Å²) in [4.78, 5) is 16.6. The van der Waals surface area contributed by atoms with Crippen LogP contribution in [0.25, 0.3) is 0 Å². The molecule has 6 nitrogen and oxygen atoms in total. The highest BCUT2D eigenvalue weighted by Crippen LogP contribution is 2.27. The Kier molecular flexibility index (Phi) is 5.53. The number of hydrogen-bond donors (Lipinski definition) is 2. The number of hydrogen-bond acceptors (Lipinski definition) is 4. The second kappa shape index (κ2) is 8.01. The number of ether oxygens (including phenoxy) is 1. The SMILES string of the molecule is COc1ccc(NC(=O)Cc2n[nH]c(Cc3cccc(C)c3)n2)cc1Cl. The van der Waals surface area contributed by atoms with Crippen molar-refractivity contribution < 1.29 is 9.53 Å². The van der Waals surface area contributed by atoms with E-state index in [4.69, 9.17) is 16.3 Å². The summed E-state index contributed by atoms with van der Waals surface area (Å²) in [7, 11) is 1.54. The smallest absolute Gasteiger partial charge is 0.232 e. The molecule has 0 bridgehead atoms. The molecule has 0 fully saturated rings. The van der Waals surface area contributed by atoms with Crippen LogP contribution in [0.3, 0.4) is 0 Å². The number of aromatic amines is 1. The summed E-state index contributed by atoms with van der Waals surface area (Å²) in [6.45, 7) is 2.05. The van der Waals surface area contributed by atoms with Gasteiger partial charge in [0.15, 0.2) is 5.82 Å². The zero-order chi connectivity index (χ0) is 18.5. The van der Waals surface area contributed by atoms with Crippen molar-refractivity contribution in [1.29, 1.82) is 0 Å². The monoisotopic (exact) mass is 370 g/mol. The molecule has 0 radical (unpaired) electrons. The van der Waals surface area contributed by atoms with Crippen LogP contribution in [-0.4, -0.2) is 28.2 Å². The molecule has 1 amide bonds. The fourth-order valence-electron chi connectivity index (χ4n) is 2.60. The van der Waals surface area contributed by atoms with Crippen LogP contribution in [0.2, 0.25) is 5.02 Å². The number of aromatic nitrogens is 3. The third kappa shape index (κ3) is 4.61. The van der Waals surface area contributed by atoms with Crippen LogP contribution in [0.5, 0.6) is 5.75 Å². The number of carbonyl (C=O) groups is 1. The Morgan fingerprint density at radius 1 is 1.27 bits per heavy atom. The number of carbonyl (C=O) groups excluding carboxylic acids is 1. The molecule has 0 saturated carbocycles. The first-order chi connectivity index (χ1) is 12.5. The van der Waals surface area contributed by atoms with Crippen molar-refractivity contribution >= 4 is 23.2 Å². The molecule has 0 spiro atoms. The first-order valence-electron chi connectivity index (χ1n) is 8.12. The van der Waals surface area contributed by atoms with Crippen LogP contribution in [0.4, 0.5) is 5.69 Å². The Morgan fingerprint density at radius 3 is 2.85 bits per heavy atom. The normalized spacial score (nSPS) is 10.6. The van der Waals surface area contributed by atoms with Crippen LogP contribution in [0.1, 0.15) is 22.8 Å². The van der Waals surface area contributed by atoms with Gasteiger partial charge in [0.25, 0.3) is 0 Å². The van der Waals surface area contributed by atoms with Crippen molar-refractivity contribution in [2.45, 2.75) is 19.8 Å². The van der Waals surface area contributed by atoms with Crippen molar-refractivity contribution in [2.75, 3.05) is 12.4 Å². The van der Waals surface area contributed by atoms with Crippen LogP contribution < -0.4 is 10.1 Å². The molecule has 1 aromatic heterocycles. The Hall–Kier alpha value is -2.86. The van der Waals surface area contributed by atoms with Gasteiger partial charge in [-0.05, 0) is 30.7 Å². The highest BCUT2D eigenvalue weighted by Gasteiger charge is 2.11. The van der Waals surface area contributed by atoms with E-state index in [9.17, 15) is 4.79 Å². The quantitative estimate of drug-likeness (QED) is 0.695. The van der Waals surface area contributed by atoms with E-state index in [-0.39, 0.29) is 12.3 Å². The summed E-state index contributed by atoms with van der Waals surface area (Å²) < 4.78 is 5.09. The number of nitrogens with one attached hydrogen (secondary N) is 2. The van der Waals surface area contributed by atoms with Crippen LogP contribution in [-0.2, 0) is 17.6 Å². The number of benzene rings is 2. The van der Waals surface area contributed by atoms with Gasteiger partial charge in [-0.3, -0.25) is 9.89 Å². The molecular formula is C19H19ClN4O2. The first-order valence-corrected chi connectivity index (χ1v) is 8.50. The lowest BCUT2D eigenvalue weighted by atomic mass is 10.1. The molecule has 0 saturated heterocycles. The summed E-state index contributed by atoms with van der Waals surface area (Å²) in [6.07, 6.45) is 0.721. The molecule has 2 N–H and O–H groups in total. The van der Waals surface area contributed by atoms with E-state index in [1.165, 1.54) is 12.7 Å². The molecule has 0 atom stereocenters. The van der Waals surface area contributed by atoms with E-state index < -0.39 is 0 Å². The molecule has 1 heterocycles. The van der Waals surface area contributed by atoms with E-state index in [1.54, 1.807) is 18.2 Å². The van der Waals surface area contributed by atoms with Gasteiger partial charge in [0, 0.05) is 12.1 Å². The third-order valence-electron chi connectivity index (χ3n) is 3.79. The summed E-state index contributed by atoms with van der Waals surface area (Å²) in [5.41, 5.74) is 2.93. The predicted octanol–water partition coefficient (Wildman–Crippen LogP) is 3.55. The molecule has 7 heteroatoms.